The van der Waals surface area contributed by atoms with Crippen LogP contribution in [0.25, 0.3) is 0 Å². The van der Waals surface area contributed by atoms with E-state index in [9.17, 15) is 18.8 Å². The summed E-state index contributed by atoms with van der Waals surface area (Å²) in [5, 5.41) is 5.31. The largest absolute Gasteiger partial charge is 0.381 e. The normalized spacial score (nSPS) is 26.8. The summed E-state index contributed by atoms with van der Waals surface area (Å²) in [6.45, 7) is 4.08. The standard InChI is InChI=1S/C27H31FN4O4/c1-16-12-31(13-17(2)36-16)14-18-6-7-22(28)19(10-18)11-29-23-5-3-4-20-21(23)15-32(27(20)35)24-8-9-25(33)30-26(24)34/h3-7,10,16-17,24,29H,8-9,11-15H2,1-2H3,(H,30,33,34)/i15D2. The molecule has 2 aromatic rings. The third kappa shape index (κ3) is 4.99. The molecule has 0 bridgehead atoms. The third-order valence-corrected chi connectivity index (χ3v) is 6.75. The Bertz CT molecular complexity index is 1280. The number of benzene rings is 2. The van der Waals surface area contributed by atoms with Gasteiger partial charge in [0.15, 0.2) is 0 Å². The fourth-order valence-corrected chi connectivity index (χ4v) is 5.17. The Kier molecular flexibility index (Phi) is 6.09. The smallest absolute Gasteiger partial charge is 0.255 e. The van der Waals surface area contributed by atoms with Crippen molar-refractivity contribution in [1.82, 2.24) is 15.1 Å². The number of rotatable bonds is 6. The van der Waals surface area contributed by atoms with E-state index < -0.39 is 30.3 Å². The van der Waals surface area contributed by atoms with Crippen LogP contribution in [0.3, 0.4) is 0 Å². The van der Waals surface area contributed by atoms with Crippen LogP contribution in [-0.2, 0) is 33.9 Å². The van der Waals surface area contributed by atoms with E-state index in [-0.39, 0.29) is 48.5 Å². The molecule has 3 amide bonds. The molecule has 36 heavy (non-hydrogen) atoms. The molecule has 8 nitrogen and oxygen atoms in total. The van der Waals surface area contributed by atoms with Crippen LogP contribution in [0.15, 0.2) is 36.4 Å². The highest BCUT2D eigenvalue weighted by atomic mass is 19.1. The number of nitrogens with zero attached hydrogens (tertiary/aromatic N) is 2. The number of imide groups is 1. The number of ether oxygens (including phenoxy) is 1. The highest BCUT2D eigenvalue weighted by molar-refractivity contribution is 6.06. The quantitative estimate of drug-likeness (QED) is 0.598. The average molecular weight is 497 g/mol. The fraction of sp³-hybridized carbons (Fsp3) is 0.444. The predicted octanol–water partition coefficient (Wildman–Crippen LogP) is 2.81. The van der Waals surface area contributed by atoms with Crippen molar-refractivity contribution in [3.63, 3.8) is 0 Å². The Hall–Kier alpha value is -3.30. The first kappa shape index (κ1) is 21.9. The molecule has 0 aromatic heterocycles. The van der Waals surface area contributed by atoms with Crippen molar-refractivity contribution in [2.45, 2.75) is 64.5 Å². The number of hydrogen-bond acceptors (Lipinski definition) is 6. The molecule has 3 aliphatic heterocycles. The lowest BCUT2D eigenvalue weighted by Crippen LogP contribution is -2.52. The number of halogens is 1. The van der Waals surface area contributed by atoms with Gasteiger partial charge in [-0.05, 0) is 50.1 Å². The minimum absolute atomic E-state index is 0.0234. The number of carbonyl (C=O) groups excluding carboxylic acids is 3. The number of amides is 3. The molecule has 2 saturated heterocycles. The molecule has 3 unspecified atom stereocenters. The maximum absolute atomic E-state index is 14.8. The molecule has 2 aromatic carbocycles. The highest BCUT2D eigenvalue weighted by Gasteiger charge is 2.39. The Morgan fingerprint density at radius 1 is 1.17 bits per heavy atom. The van der Waals surface area contributed by atoms with Gasteiger partial charge in [0.2, 0.25) is 11.8 Å². The van der Waals surface area contributed by atoms with Gasteiger partial charge in [-0.3, -0.25) is 24.6 Å². The van der Waals surface area contributed by atoms with Crippen LogP contribution in [0.5, 0.6) is 0 Å². The second-order valence-electron chi connectivity index (χ2n) is 9.71. The van der Waals surface area contributed by atoms with Crippen LogP contribution >= 0.6 is 0 Å². The minimum Gasteiger partial charge on any atom is -0.381 e. The number of fused-ring (bicyclic) bond motifs is 1. The first-order chi connectivity index (χ1) is 18.0. The topological polar surface area (TPSA) is 91.0 Å². The van der Waals surface area contributed by atoms with Crippen molar-refractivity contribution in [3.8, 4) is 0 Å². The molecule has 2 N–H and O–H groups in total. The molecule has 0 radical (unpaired) electrons. The van der Waals surface area contributed by atoms with Gasteiger partial charge < -0.3 is 15.0 Å². The van der Waals surface area contributed by atoms with Crippen LogP contribution in [0.1, 0.15) is 56.5 Å². The molecule has 0 saturated carbocycles. The van der Waals surface area contributed by atoms with Crippen LogP contribution in [0.4, 0.5) is 10.1 Å². The van der Waals surface area contributed by atoms with Gasteiger partial charge in [-0.1, -0.05) is 12.1 Å². The van der Waals surface area contributed by atoms with Gasteiger partial charge in [-0.2, -0.15) is 0 Å². The highest BCUT2D eigenvalue weighted by Crippen LogP contribution is 2.32. The lowest BCUT2D eigenvalue weighted by Gasteiger charge is -2.35. The Balaban J connectivity index is 1.35. The Morgan fingerprint density at radius 3 is 2.69 bits per heavy atom. The van der Waals surface area contributed by atoms with E-state index >= 15 is 0 Å². The Morgan fingerprint density at radius 2 is 1.94 bits per heavy atom. The van der Waals surface area contributed by atoms with Crippen LogP contribution in [-0.4, -0.2) is 58.9 Å². The van der Waals surface area contributed by atoms with E-state index in [2.05, 4.69) is 15.5 Å². The number of piperidine rings is 1. The zero-order valence-electron chi connectivity index (χ0n) is 22.3. The van der Waals surface area contributed by atoms with E-state index in [1.54, 1.807) is 24.3 Å². The van der Waals surface area contributed by atoms with E-state index in [4.69, 9.17) is 7.48 Å². The summed E-state index contributed by atoms with van der Waals surface area (Å²) in [5.41, 5.74) is 1.95. The van der Waals surface area contributed by atoms with Gasteiger partial charge in [0, 0.05) is 61.5 Å². The number of nitrogens with one attached hydrogen (secondary N) is 2. The monoisotopic (exact) mass is 496 g/mol. The van der Waals surface area contributed by atoms with Gasteiger partial charge >= 0.3 is 0 Å². The van der Waals surface area contributed by atoms with Gasteiger partial charge in [0.25, 0.3) is 5.91 Å². The van der Waals surface area contributed by atoms with Crippen molar-refractivity contribution in [2.24, 2.45) is 0 Å². The van der Waals surface area contributed by atoms with Gasteiger partial charge in [-0.15, -0.1) is 0 Å². The number of hydrogen-bond donors (Lipinski definition) is 2. The van der Waals surface area contributed by atoms with Crippen molar-refractivity contribution in [2.75, 3.05) is 18.4 Å². The molecule has 0 spiro atoms. The van der Waals surface area contributed by atoms with Gasteiger partial charge in [0.05, 0.1) is 14.9 Å². The summed E-state index contributed by atoms with van der Waals surface area (Å²) in [6.07, 6.45) is 0.317. The summed E-state index contributed by atoms with van der Waals surface area (Å²) in [7, 11) is 0. The van der Waals surface area contributed by atoms with Crippen molar-refractivity contribution >= 4 is 23.4 Å². The zero-order chi connectivity index (χ0) is 27.2. The zero-order valence-corrected chi connectivity index (χ0v) is 20.3. The molecule has 3 atom stereocenters. The van der Waals surface area contributed by atoms with E-state index in [1.165, 1.54) is 12.1 Å². The maximum atomic E-state index is 14.8. The lowest BCUT2D eigenvalue weighted by molar-refractivity contribution is -0.136. The van der Waals surface area contributed by atoms with Gasteiger partial charge in [-0.25, -0.2) is 4.39 Å². The molecule has 3 heterocycles. The molecule has 3 aliphatic rings. The number of morpholine rings is 1. The first-order valence-corrected chi connectivity index (χ1v) is 12.2. The summed E-state index contributed by atoms with van der Waals surface area (Å²) in [5.74, 6) is -2.14. The molecule has 0 aliphatic carbocycles. The summed E-state index contributed by atoms with van der Waals surface area (Å²) in [4.78, 5) is 40.4. The van der Waals surface area contributed by atoms with E-state index in [0.717, 1.165) is 23.6 Å². The number of carbonyl (C=O) groups is 3. The first-order valence-electron chi connectivity index (χ1n) is 13.2. The summed E-state index contributed by atoms with van der Waals surface area (Å²) in [6, 6.07) is 8.66. The second kappa shape index (κ2) is 9.99. The molecule has 2 fully saturated rings. The minimum atomic E-state index is -2.30. The van der Waals surface area contributed by atoms with Gasteiger partial charge in [0.1, 0.15) is 11.9 Å². The van der Waals surface area contributed by atoms with Crippen molar-refractivity contribution in [1.29, 1.82) is 0 Å². The van der Waals surface area contributed by atoms with Crippen LogP contribution in [0, 0.1) is 5.82 Å². The lowest BCUT2D eigenvalue weighted by atomic mass is 10.0. The molecule has 5 rings (SSSR count). The summed E-state index contributed by atoms with van der Waals surface area (Å²) < 4.78 is 38.1. The van der Waals surface area contributed by atoms with E-state index in [0.29, 0.717) is 17.8 Å². The van der Waals surface area contributed by atoms with Crippen LogP contribution in [0.2, 0.25) is 0 Å². The maximum Gasteiger partial charge on any atom is 0.255 e. The summed E-state index contributed by atoms with van der Waals surface area (Å²) >= 11 is 0. The predicted molar refractivity (Wildman–Crippen MR) is 131 cm³/mol. The van der Waals surface area contributed by atoms with Crippen LogP contribution < -0.4 is 10.6 Å². The second-order valence-corrected chi connectivity index (χ2v) is 9.71. The van der Waals surface area contributed by atoms with Crippen molar-refractivity contribution < 1.29 is 26.3 Å². The Labute approximate surface area is 212 Å². The average Bonchev–Trinajstić information content (AvgIpc) is 3.04. The molecule has 9 heteroatoms. The molecular weight excluding hydrogens is 463 g/mol. The number of anilines is 1. The fourth-order valence-electron chi connectivity index (χ4n) is 5.17. The molecular formula is C27H31FN4O4. The molecule has 190 valence electrons. The SMILES string of the molecule is [2H]C1([2H])c2c(NCc3cc(CN4CC(C)OC(C)C4)ccc3F)cccc2C(=O)N1C1CCC(=O)NC1=O. The third-order valence-electron chi connectivity index (χ3n) is 6.75. The van der Waals surface area contributed by atoms with Crippen molar-refractivity contribution in [3.05, 3.63) is 64.5 Å². The van der Waals surface area contributed by atoms with E-state index in [1.807, 2.05) is 13.8 Å².